The summed E-state index contributed by atoms with van der Waals surface area (Å²) < 4.78 is 5.53. The van der Waals surface area contributed by atoms with E-state index in [1.807, 2.05) is 0 Å². The van der Waals surface area contributed by atoms with Crippen molar-refractivity contribution < 1.29 is 0 Å². The lowest BCUT2D eigenvalue weighted by Gasteiger charge is -2.02. The van der Waals surface area contributed by atoms with Gasteiger partial charge in [-0.3, -0.25) is 0 Å². The number of hydrogen-bond acceptors (Lipinski definition) is 5. The SMILES string of the molecule is Cc1cccc(CSc2nsc(SCc3cccc(C)c3)c2C#N)c1. The molecule has 0 bridgehead atoms. The molecule has 0 saturated carbocycles. The Balaban J connectivity index is 1.67. The molecular formula is C20H18N2S3. The van der Waals surface area contributed by atoms with Gasteiger partial charge in [-0.2, -0.15) is 9.64 Å². The number of aryl methyl sites for hydroxylation is 2. The number of benzene rings is 2. The van der Waals surface area contributed by atoms with Gasteiger partial charge in [-0.15, -0.1) is 11.8 Å². The second-order valence-electron chi connectivity index (χ2n) is 5.82. The van der Waals surface area contributed by atoms with Crippen molar-refractivity contribution in [1.29, 1.82) is 5.26 Å². The van der Waals surface area contributed by atoms with E-state index < -0.39 is 0 Å². The number of nitriles is 1. The standard InChI is InChI=1S/C20H18N2S3/c1-14-5-3-7-16(9-14)12-23-19-18(11-21)20(25-22-19)24-13-17-8-4-6-15(2)10-17/h3-10H,12-13H2,1-2H3. The number of nitrogens with zero attached hydrogens (tertiary/aromatic N) is 2. The van der Waals surface area contributed by atoms with Crippen molar-refractivity contribution in [2.75, 3.05) is 0 Å². The number of rotatable bonds is 6. The smallest absolute Gasteiger partial charge is 0.129 e. The zero-order valence-electron chi connectivity index (χ0n) is 14.2. The minimum absolute atomic E-state index is 0.723. The average molecular weight is 383 g/mol. The summed E-state index contributed by atoms with van der Waals surface area (Å²) in [4.78, 5) is 0. The first-order valence-corrected chi connectivity index (χ1v) is 10.7. The van der Waals surface area contributed by atoms with Crippen LogP contribution in [0, 0.1) is 25.2 Å². The Bertz CT molecular complexity index is 842. The maximum Gasteiger partial charge on any atom is 0.129 e. The summed E-state index contributed by atoms with van der Waals surface area (Å²) >= 11 is 4.77. The van der Waals surface area contributed by atoms with Gasteiger partial charge in [0.05, 0.1) is 4.21 Å². The van der Waals surface area contributed by atoms with Gasteiger partial charge < -0.3 is 0 Å². The maximum atomic E-state index is 9.56. The molecule has 0 unspecified atom stereocenters. The molecule has 0 radical (unpaired) electrons. The molecule has 0 fully saturated rings. The van der Waals surface area contributed by atoms with Crippen molar-refractivity contribution in [2.45, 2.75) is 34.6 Å². The third-order valence-electron chi connectivity index (χ3n) is 3.65. The van der Waals surface area contributed by atoms with Gasteiger partial charge in [-0.25, -0.2) is 0 Å². The van der Waals surface area contributed by atoms with Gasteiger partial charge in [-0.1, -0.05) is 71.4 Å². The second-order valence-corrected chi connectivity index (χ2v) is 8.80. The Labute approximate surface area is 161 Å². The Hall–Kier alpha value is -1.74. The van der Waals surface area contributed by atoms with E-state index in [0.717, 1.165) is 26.3 Å². The minimum Gasteiger partial charge on any atom is -0.192 e. The monoisotopic (exact) mass is 382 g/mol. The predicted molar refractivity (Wildman–Crippen MR) is 108 cm³/mol. The third kappa shape index (κ3) is 4.88. The summed E-state index contributed by atoms with van der Waals surface area (Å²) in [6, 6.07) is 19.3. The van der Waals surface area contributed by atoms with Crippen molar-refractivity contribution >= 4 is 35.1 Å². The van der Waals surface area contributed by atoms with Crippen LogP contribution in [0.4, 0.5) is 0 Å². The molecule has 0 spiro atoms. The quantitative estimate of drug-likeness (QED) is 0.474. The first kappa shape index (κ1) is 18.1. The summed E-state index contributed by atoms with van der Waals surface area (Å²) in [5.41, 5.74) is 5.77. The fraction of sp³-hybridized carbons (Fsp3) is 0.200. The largest absolute Gasteiger partial charge is 0.192 e. The Morgan fingerprint density at radius 3 is 2.12 bits per heavy atom. The van der Waals surface area contributed by atoms with E-state index in [1.54, 1.807) is 23.5 Å². The molecular weight excluding hydrogens is 364 g/mol. The molecule has 0 saturated heterocycles. The van der Waals surface area contributed by atoms with Crippen LogP contribution in [0.25, 0.3) is 0 Å². The summed E-state index contributed by atoms with van der Waals surface area (Å²) in [5.74, 6) is 1.70. The zero-order chi connectivity index (χ0) is 17.6. The van der Waals surface area contributed by atoms with E-state index in [0.29, 0.717) is 0 Å². The van der Waals surface area contributed by atoms with E-state index in [-0.39, 0.29) is 0 Å². The van der Waals surface area contributed by atoms with Crippen LogP contribution >= 0.6 is 35.1 Å². The van der Waals surface area contributed by atoms with Crippen LogP contribution in [-0.2, 0) is 11.5 Å². The lowest BCUT2D eigenvalue weighted by atomic mass is 10.2. The van der Waals surface area contributed by atoms with Crippen molar-refractivity contribution in [2.24, 2.45) is 0 Å². The molecule has 3 aromatic rings. The molecule has 0 atom stereocenters. The first-order valence-electron chi connectivity index (χ1n) is 7.92. The fourth-order valence-corrected chi connectivity index (χ4v) is 5.44. The lowest BCUT2D eigenvalue weighted by Crippen LogP contribution is -1.85. The van der Waals surface area contributed by atoms with Crippen molar-refractivity contribution in [3.05, 3.63) is 76.3 Å². The molecule has 2 aromatic carbocycles. The van der Waals surface area contributed by atoms with E-state index in [9.17, 15) is 5.26 Å². The first-order chi connectivity index (χ1) is 12.2. The Kier molecular flexibility index (Phi) is 6.19. The summed E-state index contributed by atoms with van der Waals surface area (Å²) in [5, 5.41) is 10.4. The molecule has 0 aliphatic carbocycles. The van der Waals surface area contributed by atoms with Gasteiger partial charge in [0.25, 0.3) is 0 Å². The lowest BCUT2D eigenvalue weighted by molar-refractivity contribution is 1.22. The van der Waals surface area contributed by atoms with Crippen LogP contribution in [0.1, 0.15) is 27.8 Å². The van der Waals surface area contributed by atoms with E-state index in [4.69, 9.17) is 0 Å². The van der Waals surface area contributed by atoms with E-state index >= 15 is 0 Å². The highest BCUT2D eigenvalue weighted by Gasteiger charge is 2.15. The second kappa shape index (κ2) is 8.57. The number of thioether (sulfide) groups is 2. The maximum absolute atomic E-state index is 9.56. The fourth-order valence-electron chi connectivity index (χ4n) is 2.46. The zero-order valence-corrected chi connectivity index (χ0v) is 16.6. The average Bonchev–Trinajstić information content (AvgIpc) is 3.00. The third-order valence-corrected chi connectivity index (χ3v) is 6.98. The van der Waals surface area contributed by atoms with Gasteiger partial charge in [0.15, 0.2) is 0 Å². The van der Waals surface area contributed by atoms with Gasteiger partial charge in [0.1, 0.15) is 16.7 Å². The molecule has 0 amide bonds. The topological polar surface area (TPSA) is 36.7 Å². The van der Waals surface area contributed by atoms with Crippen LogP contribution in [0.3, 0.4) is 0 Å². The number of hydrogen-bond donors (Lipinski definition) is 0. The van der Waals surface area contributed by atoms with Gasteiger partial charge in [0.2, 0.25) is 0 Å². The van der Waals surface area contributed by atoms with Crippen LogP contribution in [-0.4, -0.2) is 4.37 Å². The Morgan fingerprint density at radius 2 is 1.56 bits per heavy atom. The van der Waals surface area contributed by atoms with Crippen LogP contribution in [0.2, 0.25) is 0 Å². The molecule has 5 heteroatoms. The van der Waals surface area contributed by atoms with Crippen LogP contribution in [0.15, 0.2) is 57.8 Å². The molecule has 126 valence electrons. The Morgan fingerprint density at radius 1 is 0.960 bits per heavy atom. The molecule has 0 aliphatic rings. The van der Waals surface area contributed by atoms with Gasteiger partial charge >= 0.3 is 0 Å². The van der Waals surface area contributed by atoms with Crippen molar-refractivity contribution in [1.82, 2.24) is 4.37 Å². The normalized spacial score (nSPS) is 10.6. The van der Waals surface area contributed by atoms with Crippen LogP contribution in [0.5, 0.6) is 0 Å². The highest BCUT2D eigenvalue weighted by molar-refractivity contribution is 8.00. The molecule has 1 aromatic heterocycles. The molecule has 2 nitrogen and oxygen atoms in total. The summed E-state index contributed by atoms with van der Waals surface area (Å²) in [7, 11) is 0. The molecule has 0 aliphatic heterocycles. The van der Waals surface area contributed by atoms with E-state index in [2.05, 4.69) is 72.8 Å². The van der Waals surface area contributed by atoms with Crippen molar-refractivity contribution in [3.63, 3.8) is 0 Å². The molecule has 3 rings (SSSR count). The van der Waals surface area contributed by atoms with Crippen LogP contribution < -0.4 is 0 Å². The van der Waals surface area contributed by atoms with E-state index in [1.165, 1.54) is 33.8 Å². The summed E-state index contributed by atoms with van der Waals surface area (Å²) in [6.07, 6.45) is 0. The summed E-state index contributed by atoms with van der Waals surface area (Å²) in [6.45, 7) is 4.19. The molecule has 0 N–H and O–H groups in total. The highest BCUT2D eigenvalue weighted by Crippen LogP contribution is 2.36. The van der Waals surface area contributed by atoms with Crippen molar-refractivity contribution in [3.8, 4) is 6.07 Å². The highest BCUT2D eigenvalue weighted by atomic mass is 32.2. The predicted octanol–water partition coefficient (Wildman–Crippen LogP) is 6.22. The number of aromatic nitrogens is 1. The molecule has 1 heterocycles. The minimum atomic E-state index is 0.723. The van der Waals surface area contributed by atoms with Gasteiger partial charge in [0, 0.05) is 11.5 Å². The van der Waals surface area contributed by atoms with Gasteiger partial charge in [-0.05, 0) is 36.5 Å². The molecule has 25 heavy (non-hydrogen) atoms.